The molecule has 0 bridgehead atoms. The van der Waals surface area contributed by atoms with Crippen LogP contribution in [0.4, 0.5) is 0 Å². The van der Waals surface area contributed by atoms with Crippen molar-refractivity contribution in [1.82, 2.24) is 5.32 Å². The van der Waals surface area contributed by atoms with Crippen molar-refractivity contribution in [3.8, 4) is 0 Å². The fourth-order valence-electron chi connectivity index (χ4n) is 1.75. The Kier molecular flexibility index (Phi) is 6.25. The molecule has 1 rings (SSSR count). The molecular formula is C11H20BrNO2. The number of carbonyl (C=O) groups is 1. The summed E-state index contributed by atoms with van der Waals surface area (Å²) in [6.07, 6.45) is 5.02. The lowest BCUT2D eigenvalue weighted by molar-refractivity contribution is -0.122. The lowest BCUT2D eigenvalue weighted by Gasteiger charge is -2.13. The topological polar surface area (TPSA) is 38.3 Å². The molecular weight excluding hydrogens is 258 g/mol. The number of ether oxygens (including phenoxy) is 1. The van der Waals surface area contributed by atoms with Crippen molar-refractivity contribution in [2.45, 2.75) is 51.2 Å². The molecule has 0 spiro atoms. The van der Waals surface area contributed by atoms with E-state index in [-0.39, 0.29) is 11.9 Å². The highest BCUT2D eigenvalue weighted by Crippen LogP contribution is 2.16. The molecule has 0 radical (unpaired) electrons. The maximum atomic E-state index is 11.5. The maximum absolute atomic E-state index is 11.5. The van der Waals surface area contributed by atoms with Crippen LogP contribution in [-0.4, -0.2) is 30.0 Å². The second-order valence-electron chi connectivity index (χ2n) is 4.12. The number of alkyl halides is 1. The van der Waals surface area contributed by atoms with Gasteiger partial charge in [-0.2, -0.15) is 0 Å². The van der Waals surface area contributed by atoms with E-state index >= 15 is 0 Å². The third-order valence-electron chi connectivity index (χ3n) is 2.67. The van der Waals surface area contributed by atoms with E-state index in [1.807, 2.05) is 6.92 Å². The molecule has 3 nitrogen and oxygen atoms in total. The number of amides is 1. The van der Waals surface area contributed by atoms with E-state index in [1.54, 1.807) is 0 Å². The summed E-state index contributed by atoms with van der Waals surface area (Å²) in [5, 5.41) is 3.91. The first-order chi connectivity index (χ1) is 7.22. The van der Waals surface area contributed by atoms with E-state index < -0.39 is 0 Å². The van der Waals surface area contributed by atoms with Gasteiger partial charge in [0.2, 0.25) is 5.91 Å². The normalized spacial score (nSPS) is 22.7. The summed E-state index contributed by atoms with van der Waals surface area (Å²) in [6.45, 7) is 2.90. The molecule has 1 aliphatic rings. The van der Waals surface area contributed by atoms with Crippen molar-refractivity contribution < 1.29 is 9.53 Å². The van der Waals surface area contributed by atoms with Crippen LogP contribution in [0.25, 0.3) is 0 Å². The van der Waals surface area contributed by atoms with Gasteiger partial charge in [0.25, 0.3) is 0 Å². The zero-order valence-corrected chi connectivity index (χ0v) is 10.9. The smallest absolute Gasteiger partial charge is 0.220 e. The standard InChI is InChI=1S/C11H20BrNO2/c1-9(6-7-12)13-11(14)5-4-10-3-2-8-15-10/h9-10H,2-8H2,1H3,(H,13,14). The molecule has 0 aromatic heterocycles. The Balaban J connectivity index is 2.07. The molecule has 1 N–H and O–H groups in total. The zero-order valence-electron chi connectivity index (χ0n) is 9.30. The molecule has 4 heteroatoms. The molecule has 15 heavy (non-hydrogen) atoms. The summed E-state index contributed by atoms with van der Waals surface area (Å²) in [7, 11) is 0. The Hall–Kier alpha value is -0.0900. The summed E-state index contributed by atoms with van der Waals surface area (Å²) in [6, 6.07) is 0.265. The van der Waals surface area contributed by atoms with E-state index in [4.69, 9.17) is 4.74 Å². The van der Waals surface area contributed by atoms with Crippen molar-refractivity contribution in [3.63, 3.8) is 0 Å². The Labute approximate surface area is 100 Å². The van der Waals surface area contributed by atoms with Crippen LogP contribution in [0.3, 0.4) is 0 Å². The highest BCUT2D eigenvalue weighted by molar-refractivity contribution is 9.09. The highest BCUT2D eigenvalue weighted by atomic mass is 79.9. The minimum atomic E-state index is 0.152. The molecule has 1 saturated heterocycles. The second kappa shape index (κ2) is 7.23. The molecule has 1 fully saturated rings. The Morgan fingerprint density at radius 3 is 3.07 bits per heavy atom. The van der Waals surface area contributed by atoms with Crippen molar-refractivity contribution in [2.75, 3.05) is 11.9 Å². The quantitative estimate of drug-likeness (QED) is 0.757. The number of nitrogens with one attached hydrogen (secondary N) is 1. The first kappa shape index (κ1) is 13.0. The number of halogens is 1. The minimum absolute atomic E-state index is 0.152. The molecule has 0 aromatic rings. The van der Waals surface area contributed by atoms with Crippen LogP contribution in [-0.2, 0) is 9.53 Å². The van der Waals surface area contributed by atoms with Gasteiger partial charge >= 0.3 is 0 Å². The predicted molar refractivity (Wildman–Crippen MR) is 64.2 cm³/mol. The van der Waals surface area contributed by atoms with Crippen LogP contribution >= 0.6 is 15.9 Å². The van der Waals surface area contributed by atoms with Crippen molar-refractivity contribution in [2.24, 2.45) is 0 Å². The molecule has 2 unspecified atom stereocenters. The molecule has 2 atom stereocenters. The number of hydrogen-bond acceptors (Lipinski definition) is 2. The number of rotatable bonds is 6. The summed E-state index contributed by atoms with van der Waals surface area (Å²) < 4.78 is 5.47. The summed E-state index contributed by atoms with van der Waals surface area (Å²) in [5.41, 5.74) is 0. The SMILES string of the molecule is CC(CCBr)NC(=O)CCC1CCCO1. The zero-order chi connectivity index (χ0) is 11.1. The average molecular weight is 278 g/mol. The van der Waals surface area contributed by atoms with Gasteiger partial charge in [0, 0.05) is 24.4 Å². The number of hydrogen-bond donors (Lipinski definition) is 1. The number of carbonyl (C=O) groups excluding carboxylic acids is 1. The van der Waals surface area contributed by atoms with Gasteiger partial charge < -0.3 is 10.1 Å². The monoisotopic (exact) mass is 277 g/mol. The Morgan fingerprint density at radius 1 is 1.67 bits per heavy atom. The fraction of sp³-hybridized carbons (Fsp3) is 0.909. The third kappa shape index (κ3) is 5.52. The van der Waals surface area contributed by atoms with Gasteiger partial charge in [0.1, 0.15) is 0 Å². The molecule has 1 heterocycles. The van der Waals surface area contributed by atoms with E-state index in [0.717, 1.165) is 37.6 Å². The van der Waals surface area contributed by atoms with Crippen molar-refractivity contribution in [3.05, 3.63) is 0 Å². The molecule has 1 aliphatic heterocycles. The van der Waals surface area contributed by atoms with Crippen LogP contribution < -0.4 is 5.32 Å². The first-order valence-electron chi connectivity index (χ1n) is 5.69. The largest absolute Gasteiger partial charge is 0.378 e. The summed E-state index contributed by atoms with van der Waals surface area (Å²) in [5.74, 6) is 0.152. The van der Waals surface area contributed by atoms with Crippen molar-refractivity contribution >= 4 is 21.8 Å². The maximum Gasteiger partial charge on any atom is 0.220 e. The summed E-state index contributed by atoms with van der Waals surface area (Å²) in [4.78, 5) is 11.5. The predicted octanol–water partition coefficient (Wildman–Crippen LogP) is 2.24. The van der Waals surface area contributed by atoms with Crippen LogP contribution in [0.1, 0.15) is 39.0 Å². The first-order valence-corrected chi connectivity index (χ1v) is 6.81. The van der Waals surface area contributed by atoms with Gasteiger partial charge in [-0.15, -0.1) is 0 Å². The van der Waals surface area contributed by atoms with E-state index in [2.05, 4.69) is 21.2 Å². The lowest BCUT2D eigenvalue weighted by Crippen LogP contribution is -2.33. The van der Waals surface area contributed by atoms with Gasteiger partial charge in [-0.3, -0.25) is 4.79 Å². The highest BCUT2D eigenvalue weighted by Gasteiger charge is 2.17. The Morgan fingerprint density at radius 2 is 2.47 bits per heavy atom. The van der Waals surface area contributed by atoms with E-state index in [0.29, 0.717) is 12.5 Å². The van der Waals surface area contributed by atoms with Crippen molar-refractivity contribution in [1.29, 1.82) is 0 Å². The molecule has 0 aromatic carbocycles. The lowest BCUT2D eigenvalue weighted by atomic mass is 10.1. The van der Waals surface area contributed by atoms with Gasteiger partial charge in [-0.05, 0) is 32.6 Å². The molecule has 1 amide bonds. The van der Waals surface area contributed by atoms with Crippen LogP contribution in [0.2, 0.25) is 0 Å². The molecule has 0 aliphatic carbocycles. The van der Waals surface area contributed by atoms with Gasteiger partial charge in [0.05, 0.1) is 6.10 Å². The summed E-state index contributed by atoms with van der Waals surface area (Å²) >= 11 is 3.36. The molecule has 0 saturated carbocycles. The van der Waals surface area contributed by atoms with Crippen LogP contribution in [0.5, 0.6) is 0 Å². The third-order valence-corrected chi connectivity index (χ3v) is 3.12. The van der Waals surface area contributed by atoms with Crippen LogP contribution in [0.15, 0.2) is 0 Å². The minimum Gasteiger partial charge on any atom is -0.378 e. The van der Waals surface area contributed by atoms with Gasteiger partial charge in [-0.1, -0.05) is 15.9 Å². The Bertz CT molecular complexity index is 193. The second-order valence-corrected chi connectivity index (χ2v) is 4.91. The van der Waals surface area contributed by atoms with E-state index in [1.165, 1.54) is 0 Å². The fourth-order valence-corrected chi connectivity index (χ4v) is 2.43. The average Bonchev–Trinajstić information content (AvgIpc) is 2.67. The van der Waals surface area contributed by atoms with Gasteiger partial charge in [-0.25, -0.2) is 0 Å². The van der Waals surface area contributed by atoms with Gasteiger partial charge in [0.15, 0.2) is 0 Å². The van der Waals surface area contributed by atoms with E-state index in [9.17, 15) is 4.79 Å². The van der Waals surface area contributed by atoms with Crippen LogP contribution in [0, 0.1) is 0 Å². The molecule has 88 valence electrons.